The number of piperidine rings is 1. The number of rotatable bonds is 7. The monoisotopic (exact) mass is 608 g/mol. The average Bonchev–Trinajstić information content (AvgIpc) is 3.43. The molecule has 1 aromatic heterocycles. The molecule has 2 amide bonds. The van der Waals surface area contributed by atoms with E-state index in [0.717, 1.165) is 17.4 Å². The first kappa shape index (κ1) is 30.5. The Kier molecular flexibility index (Phi) is 9.00. The maximum atomic E-state index is 13.8. The minimum Gasteiger partial charge on any atom is -0.410 e. The second-order valence-electron chi connectivity index (χ2n) is 11.3. The first-order valence-corrected chi connectivity index (χ1v) is 16.4. The van der Waals surface area contributed by atoms with Gasteiger partial charge in [-0.1, -0.05) is 29.8 Å². The summed E-state index contributed by atoms with van der Waals surface area (Å²) in [4.78, 5) is 37.2. The number of aromatic nitrogens is 1. The first-order chi connectivity index (χ1) is 20.5. The van der Waals surface area contributed by atoms with Crippen molar-refractivity contribution in [3.63, 3.8) is 0 Å². The molecular weight excluding hydrogens is 571 g/mol. The number of nitrogens with zero attached hydrogens (tertiary/aromatic N) is 4. The Morgan fingerprint density at radius 1 is 1.00 bits per heavy atom. The summed E-state index contributed by atoms with van der Waals surface area (Å²) in [6.45, 7) is 6.23. The van der Waals surface area contributed by atoms with Crippen molar-refractivity contribution in [3.05, 3.63) is 83.8 Å². The molecule has 0 saturated carbocycles. The molecule has 5 rings (SSSR count). The zero-order valence-electron chi connectivity index (χ0n) is 24.6. The van der Waals surface area contributed by atoms with Gasteiger partial charge < -0.3 is 19.4 Å². The molecule has 2 aliphatic rings. The van der Waals surface area contributed by atoms with E-state index in [2.05, 4.69) is 9.88 Å². The second-order valence-corrected chi connectivity index (χ2v) is 13.3. The normalized spacial score (nSPS) is 19.3. The standard InChI is InChI=1S/C32H37FN4O5S/c1-4-37(32(39)42-26-11-5-22(2)6-12-26)29-21-36(20-28(29)23-7-9-25(33)10-8-23)31(38)24-15-17-35(18-16-24)30-14-13-27(19-34-30)43(3,40)41/h5-14,19,24,28-29H,4,15-18,20-21H2,1-3H3. The predicted molar refractivity (Wildman–Crippen MR) is 161 cm³/mol. The number of sulfone groups is 1. The van der Waals surface area contributed by atoms with Gasteiger partial charge in [-0.3, -0.25) is 4.79 Å². The number of benzene rings is 2. The number of pyridine rings is 1. The molecule has 2 atom stereocenters. The van der Waals surface area contributed by atoms with Gasteiger partial charge in [0.25, 0.3) is 0 Å². The van der Waals surface area contributed by atoms with Crippen LogP contribution in [0.15, 0.2) is 71.8 Å². The van der Waals surface area contributed by atoms with Gasteiger partial charge in [-0.05, 0) is 68.7 Å². The lowest BCUT2D eigenvalue weighted by Crippen LogP contribution is -2.47. The van der Waals surface area contributed by atoms with Crippen LogP contribution in [-0.2, 0) is 14.6 Å². The Labute approximate surface area is 252 Å². The Hall–Kier alpha value is -3.99. The number of ether oxygens (including phenoxy) is 1. The molecule has 3 heterocycles. The zero-order chi connectivity index (χ0) is 30.7. The third-order valence-corrected chi connectivity index (χ3v) is 9.52. The highest BCUT2D eigenvalue weighted by atomic mass is 32.2. The first-order valence-electron chi connectivity index (χ1n) is 14.5. The summed E-state index contributed by atoms with van der Waals surface area (Å²) >= 11 is 0. The lowest BCUT2D eigenvalue weighted by molar-refractivity contribution is -0.135. The summed E-state index contributed by atoms with van der Waals surface area (Å²) < 4.78 is 43.0. The highest BCUT2D eigenvalue weighted by Crippen LogP contribution is 2.34. The van der Waals surface area contributed by atoms with Gasteiger partial charge in [0, 0.05) is 57.0 Å². The molecular formula is C32H37FN4O5S. The molecule has 0 bridgehead atoms. The quantitative estimate of drug-likeness (QED) is 0.385. The van der Waals surface area contributed by atoms with Crippen molar-refractivity contribution < 1.29 is 27.1 Å². The molecule has 0 aliphatic carbocycles. The number of hydrogen-bond acceptors (Lipinski definition) is 7. The number of halogens is 1. The van der Waals surface area contributed by atoms with E-state index in [4.69, 9.17) is 4.74 Å². The maximum absolute atomic E-state index is 13.8. The van der Waals surface area contributed by atoms with E-state index in [1.54, 1.807) is 41.3 Å². The van der Waals surface area contributed by atoms with Crippen molar-refractivity contribution in [1.82, 2.24) is 14.8 Å². The van der Waals surface area contributed by atoms with E-state index in [0.29, 0.717) is 57.1 Å². The summed E-state index contributed by atoms with van der Waals surface area (Å²) in [7, 11) is -3.32. The molecule has 2 fully saturated rings. The molecule has 43 heavy (non-hydrogen) atoms. The number of anilines is 1. The molecule has 9 nitrogen and oxygen atoms in total. The van der Waals surface area contributed by atoms with E-state index in [-0.39, 0.29) is 34.5 Å². The van der Waals surface area contributed by atoms with E-state index in [1.165, 1.54) is 18.3 Å². The van der Waals surface area contributed by atoms with Gasteiger partial charge in [0.15, 0.2) is 9.84 Å². The second kappa shape index (κ2) is 12.7. The van der Waals surface area contributed by atoms with Gasteiger partial charge in [-0.2, -0.15) is 0 Å². The van der Waals surface area contributed by atoms with Crippen LogP contribution in [0, 0.1) is 18.7 Å². The van der Waals surface area contributed by atoms with Crippen molar-refractivity contribution in [2.45, 2.75) is 43.5 Å². The molecule has 2 aliphatic heterocycles. The molecule has 2 aromatic carbocycles. The number of likely N-dealkylation sites (N-methyl/N-ethyl adjacent to an activating group) is 1. The van der Waals surface area contributed by atoms with Crippen LogP contribution in [-0.4, -0.2) is 80.2 Å². The van der Waals surface area contributed by atoms with E-state index < -0.39 is 15.9 Å². The molecule has 3 aromatic rings. The molecule has 11 heteroatoms. The summed E-state index contributed by atoms with van der Waals surface area (Å²) in [6.07, 6.45) is 3.29. The van der Waals surface area contributed by atoms with Crippen molar-refractivity contribution in [2.24, 2.45) is 5.92 Å². The summed E-state index contributed by atoms with van der Waals surface area (Å²) in [5.41, 5.74) is 1.92. The third kappa shape index (κ3) is 6.98. The molecule has 228 valence electrons. The Bertz CT molecular complexity index is 1540. The Morgan fingerprint density at radius 2 is 1.67 bits per heavy atom. The molecule has 0 spiro atoms. The van der Waals surface area contributed by atoms with Gasteiger partial charge in [-0.25, -0.2) is 22.6 Å². The number of aryl methyl sites for hydroxylation is 1. The van der Waals surface area contributed by atoms with Crippen molar-refractivity contribution in [2.75, 3.05) is 43.9 Å². The number of hydrogen-bond donors (Lipinski definition) is 0. The lowest BCUT2D eigenvalue weighted by atomic mass is 9.93. The van der Waals surface area contributed by atoms with E-state index in [1.807, 2.05) is 30.9 Å². The van der Waals surface area contributed by atoms with Crippen LogP contribution < -0.4 is 9.64 Å². The lowest BCUT2D eigenvalue weighted by Gasteiger charge is -2.34. The summed E-state index contributed by atoms with van der Waals surface area (Å²) in [6, 6.07) is 16.4. The molecule has 0 N–H and O–H groups in total. The van der Waals surface area contributed by atoms with Crippen LogP contribution in [0.2, 0.25) is 0 Å². The maximum Gasteiger partial charge on any atom is 0.415 e. The largest absolute Gasteiger partial charge is 0.415 e. The summed E-state index contributed by atoms with van der Waals surface area (Å²) in [5, 5.41) is 0. The van der Waals surface area contributed by atoms with Crippen LogP contribution in [0.3, 0.4) is 0 Å². The average molecular weight is 609 g/mol. The van der Waals surface area contributed by atoms with Crippen LogP contribution in [0.5, 0.6) is 5.75 Å². The Balaban J connectivity index is 1.29. The predicted octanol–water partition coefficient (Wildman–Crippen LogP) is 4.66. The van der Waals surface area contributed by atoms with Gasteiger partial charge in [0.2, 0.25) is 5.91 Å². The fourth-order valence-corrected chi connectivity index (χ4v) is 6.54. The smallest absolute Gasteiger partial charge is 0.410 e. The van der Waals surface area contributed by atoms with Crippen LogP contribution in [0.25, 0.3) is 0 Å². The SMILES string of the molecule is CCN(C(=O)Oc1ccc(C)cc1)C1CN(C(=O)C2CCN(c3ccc(S(C)(=O)=O)cn3)CC2)CC1c1ccc(F)cc1. The topological polar surface area (TPSA) is 100 Å². The van der Waals surface area contributed by atoms with Crippen molar-refractivity contribution in [1.29, 1.82) is 0 Å². The molecule has 2 unspecified atom stereocenters. The zero-order valence-corrected chi connectivity index (χ0v) is 25.5. The fourth-order valence-electron chi connectivity index (χ4n) is 5.98. The number of carbonyl (C=O) groups is 2. The van der Waals surface area contributed by atoms with Crippen LogP contribution >= 0.6 is 0 Å². The highest BCUT2D eigenvalue weighted by molar-refractivity contribution is 7.90. The van der Waals surface area contributed by atoms with Gasteiger partial charge in [0.05, 0.1) is 10.9 Å². The number of amides is 2. The van der Waals surface area contributed by atoms with Crippen molar-refractivity contribution in [3.8, 4) is 5.75 Å². The summed E-state index contributed by atoms with van der Waals surface area (Å²) in [5.74, 6) is 0.440. The number of likely N-dealkylation sites (tertiary alicyclic amines) is 1. The third-order valence-electron chi connectivity index (χ3n) is 8.42. The van der Waals surface area contributed by atoms with Gasteiger partial charge in [0.1, 0.15) is 17.4 Å². The Morgan fingerprint density at radius 3 is 2.26 bits per heavy atom. The molecule has 0 radical (unpaired) electrons. The minimum absolute atomic E-state index is 0.0394. The minimum atomic E-state index is -3.32. The fraction of sp³-hybridized carbons (Fsp3) is 0.406. The molecule has 2 saturated heterocycles. The van der Waals surface area contributed by atoms with Gasteiger partial charge in [-0.15, -0.1) is 0 Å². The van der Waals surface area contributed by atoms with Gasteiger partial charge >= 0.3 is 6.09 Å². The van der Waals surface area contributed by atoms with Crippen LogP contribution in [0.4, 0.5) is 15.0 Å². The number of carbonyl (C=O) groups excluding carboxylic acids is 2. The van der Waals surface area contributed by atoms with Crippen molar-refractivity contribution >= 4 is 27.7 Å². The van der Waals surface area contributed by atoms with Crippen LogP contribution in [0.1, 0.15) is 36.8 Å². The van der Waals surface area contributed by atoms with E-state index in [9.17, 15) is 22.4 Å². The highest BCUT2D eigenvalue weighted by Gasteiger charge is 2.43. The van der Waals surface area contributed by atoms with E-state index >= 15 is 0 Å².